The van der Waals surface area contributed by atoms with Crippen molar-refractivity contribution in [2.45, 2.75) is 33.2 Å². The first-order valence-electron chi connectivity index (χ1n) is 6.94. The van der Waals surface area contributed by atoms with Crippen LogP contribution in [0.5, 0.6) is 0 Å². The Morgan fingerprint density at radius 3 is 2.78 bits per heavy atom. The molecule has 0 aromatic carbocycles. The molecule has 0 aliphatic rings. The summed E-state index contributed by atoms with van der Waals surface area (Å²) in [6, 6.07) is 0. The summed E-state index contributed by atoms with van der Waals surface area (Å²) in [4.78, 5) is 2.33. The standard InChI is InChI=1S/C14H28N4/c1-13(2)6-5-7-15-8-9-17(3)11-14-10-16-18(4)12-14/h10,12-13,15H,5-9,11H2,1-4H3. The van der Waals surface area contributed by atoms with Crippen molar-refractivity contribution in [2.75, 3.05) is 26.7 Å². The molecule has 0 saturated carbocycles. The molecule has 104 valence electrons. The molecule has 4 nitrogen and oxygen atoms in total. The van der Waals surface area contributed by atoms with E-state index in [-0.39, 0.29) is 0 Å². The molecule has 0 saturated heterocycles. The van der Waals surface area contributed by atoms with Gasteiger partial charge in [-0.15, -0.1) is 0 Å². The Hall–Kier alpha value is -0.870. The highest BCUT2D eigenvalue weighted by molar-refractivity contribution is 5.02. The van der Waals surface area contributed by atoms with Crippen molar-refractivity contribution < 1.29 is 0 Å². The van der Waals surface area contributed by atoms with Crippen molar-refractivity contribution in [1.29, 1.82) is 0 Å². The molecule has 1 N–H and O–H groups in total. The summed E-state index contributed by atoms with van der Waals surface area (Å²) in [5, 5.41) is 7.68. The van der Waals surface area contributed by atoms with Gasteiger partial charge in [-0.25, -0.2) is 0 Å². The molecule has 0 atom stereocenters. The second-order valence-electron chi connectivity index (χ2n) is 5.55. The van der Waals surface area contributed by atoms with Gasteiger partial charge in [0.25, 0.3) is 0 Å². The number of nitrogens with one attached hydrogen (secondary N) is 1. The van der Waals surface area contributed by atoms with Crippen LogP contribution in [0.4, 0.5) is 0 Å². The molecule has 0 spiro atoms. The van der Waals surface area contributed by atoms with Crippen LogP contribution in [0.3, 0.4) is 0 Å². The Morgan fingerprint density at radius 1 is 1.39 bits per heavy atom. The van der Waals surface area contributed by atoms with E-state index in [1.165, 1.54) is 18.4 Å². The summed E-state index contributed by atoms with van der Waals surface area (Å²) in [7, 11) is 4.11. The van der Waals surface area contributed by atoms with Crippen LogP contribution in [0.15, 0.2) is 12.4 Å². The summed E-state index contributed by atoms with van der Waals surface area (Å²) in [5.74, 6) is 0.819. The molecule has 0 unspecified atom stereocenters. The molecular formula is C14H28N4. The first-order valence-corrected chi connectivity index (χ1v) is 6.94. The van der Waals surface area contributed by atoms with Gasteiger partial charge in [0.05, 0.1) is 6.20 Å². The molecule has 1 aromatic rings. The highest BCUT2D eigenvalue weighted by Gasteiger charge is 2.01. The van der Waals surface area contributed by atoms with E-state index in [2.05, 4.69) is 42.4 Å². The van der Waals surface area contributed by atoms with E-state index in [0.717, 1.165) is 32.1 Å². The fourth-order valence-electron chi connectivity index (χ4n) is 1.97. The minimum atomic E-state index is 0.819. The van der Waals surface area contributed by atoms with Crippen LogP contribution < -0.4 is 5.32 Å². The molecular weight excluding hydrogens is 224 g/mol. The number of likely N-dealkylation sites (N-methyl/N-ethyl adjacent to an activating group) is 1. The van der Waals surface area contributed by atoms with Gasteiger partial charge in [0.15, 0.2) is 0 Å². The average Bonchev–Trinajstić information content (AvgIpc) is 2.68. The van der Waals surface area contributed by atoms with Crippen molar-refractivity contribution in [3.8, 4) is 0 Å². The molecule has 0 aliphatic heterocycles. The Balaban J connectivity index is 2.01. The second-order valence-corrected chi connectivity index (χ2v) is 5.55. The van der Waals surface area contributed by atoms with Crippen molar-refractivity contribution >= 4 is 0 Å². The summed E-state index contributed by atoms with van der Waals surface area (Å²) in [6.45, 7) is 8.81. The van der Waals surface area contributed by atoms with E-state index >= 15 is 0 Å². The molecule has 0 amide bonds. The first kappa shape index (κ1) is 15.2. The molecule has 4 heteroatoms. The number of rotatable bonds is 9. The minimum absolute atomic E-state index is 0.819. The Bertz CT molecular complexity index is 319. The molecule has 0 bridgehead atoms. The highest BCUT2D eigenvalue weighted by atomic mass is 15.2. The van der Waals surface area contributed by atoms with Crippen LogP contribution >= 0.6 is 0 Å². The molecule has 18 heavy (non-hydrogen) atoms. The zero-order valence-corrected chi connectivity index (χ0v) is 12.3. The molecule has 1 rings (SSSR count). The SMILES string of the molecule is CC(C)CCCNCCN(C)Cc1cnn(C)c1. The Morgan fingerprint density at radius 2 is 2.17 bits per heavy atom. The van der Waals surface area contributed by atoms with Crippen LogP contribution in [0.2, 0.25) is 0 Å². The predicted molar refractivity (Wildman–Crippen MR) is 76.5 cm³/mol. The maximum atomic E-state index is 4.18. The van der Waals surface area contributed by atoms with Gasteiger partial charge in [0.2, 0.25) is 0 Å². The third-order valence-electron chi connectivity index (χ3n) is 3.02. The van der Waals surface area contributed by atoms with Gasteiger partial charge in [0.1, 0.15) is 0 Å². The Labute approximate surface area is 111 Å². The predicted octanol–water partition coefficient (Wildman–Crippen LogP) is 1.88. The second kappa shape index (κ2) is 8.27. The van der Waals surface area contributed by atoms with Gasteiger partial charge in [-0.1, -0.05) is 13.8 Å². The van der Waals surface area contributed by atoms with Crippen molar-refractivity contribution in [1.82, 2.24) is 20.0 Å². The zero-order chi connectivity index (χ0) is 13.4. The number of aryl methyl sites for hydroxylation is 1. The topological polar surface area (TPSA) is 33.1 Å². The van der Waals surface area contributed by atoms with Crippen LogP contribution in [0, 0.1) is 5.92 Å². The van der Waals surface area contributed by atoms with Gasteiger partial charge in [0, 0.05) is 38.4 Å². The van der Waals surface area contributed by atoms with Gasteiger partial charge in [-0.05, 0) is 32.4 Å². The lowest BCUT2D eigenvalue weighted by Gasteiger charge is -2.16. The maximum Gasteiger partial charge on any atom is 0.0534 e. The fourth-order valence-corrected chi connectivity index (χ4v) is 1.97. The lowest BCUT2D eigenvalue weighted by atomic mass is 10.1. The monoisotopic (exact) mass is 252 g/mol. The average molecular weight is 252 g/mol. The van der Waals surface area contributed by atoms with E-state index in [9.17, 15) is 0 Å². The maximum absolute atomic E-state index is 4.18. The molecule has 1 aromatic heterocycles. The molecule has 0 fully saturated rings. The van der Waals surface area contributed by atoms with E-state index in [1.54, 1.807) is 0 Å². The van der Waals surface area contributed by atoms with Crippen molar-refractivity contribution in [3.63, 3.8) is 0 Å². The summed E-state index contributed by atoms with van der Waals surface area (Å²) < 4.78 is 1.85. The van der Waals surface area contributed by atoms with Crippen molar-refractivity contribution in [3.05, 3.63) is 18.0 Å². The third kappa shape index (κ3) is 6.77. The van der Waals surface area contributed by atoms with Gasteiger partial charge >= 0.3 is 0 Å². The minimum Gasteiger partial charge on any atom is -0.315 e. The van der Waals surface area contributed by atoms with Crippen LogP contribution in [0.1, 0.15) is 32.3 Å². The quantitative estimate of drug-likeness (QED) is 0.681. The first-order chi connectivity index (χ1) is 8.58. The van der Waals surface area contributed by atoms with Crippen molar-refractivity contribution in [2.24, 2.45) is 13.0 Å². The number of aromatic nitrogens is 2. The third-order valence-corrected chi connectivity index (χ3v) is 3.02. The number of nitrogens with zero attached hydrogens (tertiary/aromatic N) is 3. The zero-order valence-electron chi connectivity index (χ0n) is 12.3. The van der Waals surface area contributed by atoms with E-state index < -0.39 is 0 Å². The van der Waals surface area contributed by atoms with Crippen LogP contribution in [-0.2, 0) is 13.6 Å². The number of hydrogen-bond donors (Lipinski definition) is 1. The van der Waals surface area contributed by atoms with E-state index in [4.69, 9.17) is 0 Å². The largest absolute Gasteiger partial charge is 0.315 e. The van der Waals surface area contributed by atoms with Gasteiger partial charge < -0.3 is 10.2 Å². The lowest BCUT2D eigenvalue weighted by Crippen LogP contribution is -2.29. The summed E-state index contributed by atoms with van der Waals surface area (Å²) in [5.41, 5.74) is 1.28. The summed E-state index contributed by atoms with van der Waals surface area (Å²) in [6.07, 6.45) is 6.61. The molecule has 0 radical (unpaired) electrons. The highest BCUT2D eigenvalue weighted by Crippen LogP contribution is 2.02. The fraction of sp³-hybridized carbons (Fsp3) is 0.786. The van der Waals surface area contributed by atoms with Crippen LogP contribution in [-0.4, -0.2) is 41.4 Å². The lowest BCUT2D eigenvalue weighted by molar-refractivity contribution is 0.323. The van der Waals surface area contributed by atoms with E-state index in [0.29, 0.717) is 0 Å². The smallest absolute Gasteiger partial charge is 0.0534 e. The van der Waals surface area contributed by atoms with Gasteiger partial charge in [-0.3, -0.25) is 4.68 Å². The molecule has 1 heterocycles. The van der Waals surface area contributed by atoms with E-state index in [1.807, 2.05) is 17.9 Å². The Kier molecular flexibility index (Phi) is 6.98. The summed E-state index contributed by atoms with van der Waals surface area (Å²) >= 11 is 0. The molecule has 0 aliphatic carbocycles. The van der Waals surface area contributed by atoms with Gasteiger partial charge in [-0.2, -0.15) is 5.10 Å². The van der Waals surface area contributed by atoms with Crippen LogP contribution in [0.25, 0.3) is 0 Å². The number of hydrogen-bond acceptors (Lipinski definition) is 3. The normalized spacial score (nSPS) is 11.7.